The van der Waals surface area contributed by atoms with Gasteiger partial charge in [-0.25, -0.2) is 0 Å². The number of nitrogens with one attached hydrogen (secondary N) is 2. The van der Waals surface area contributed by atoms with Gasteiger partial charge in [-0.2, -0.15) is 0 Å². The minimum absolute atomic E-state index is 0.363. The fourth-order valence-electron chi connectivity index (χ4n) is 2.62. The van der Waals surface area contributed by atoms with E-state index in [-0.39, 0.29) is 0 Å². The van der Waals surface area contributed by atoms with Crippen molar-refractivity contribution in [2.45, 2.75) is 31.9 Å². The molecule has 1 fully saturated rings. The molecule has 2 rings (SSSR count). The van der Waals surface area contributed by atoms with Crippen LogP contribution in [0.4, 0.5) is 0 Å². The molecule has 1 aromatic carbocycles. The SMILES string of the molecule is CN=C(NCCCOC1CCOCC1)NCc1ccccc1OC. The van der Waals surface area contributed by atoms with Crippen molar-refractivity contribution < 1.29 is 14.2 Å². The van der Waals surface area contributed by atoms with Gasteiger partial charge in [0.2, 0.25) is 0 Å². The molecule has 1 heterocycles. The largest absolute Gasteiger partial charge is 0.496 e. The van der Waals surface area contributed by atoms with Crippen LogP contribution in [0.3, 0.4) is 0 Å². The van der Waals surface area contributed by atoms with Crippen LogP contribution in [-0.4, -0.2) is 52.6 Å². The molecule has 0 saturated carbocycles. The van der Waals surface area contributed by atoms with Crippen molar-refractivity contribution in [3.63, 3.8) is 0 Å². The maximum Gasteiger partial charge on any atom is 0.191 e. The predicted molar refractivity (Wildman–Crippen MR) is 95.6 cm³/mol. The molecular formula is C18H29N3O3. The Bertz CT molecular complexity index is 502. The Balaban J connectivity index is 1.61. The van der Waals surface area contributed by atoms with Crippen LogP contribution in [0.15, 0.2) is 29.3 Å². The van der Waals surface area contributed by atoms with E-state index in [1.165, 1.54) is 0 Å². The lowest BCUT2D eigenvalue weighted by Gasteiger charge is -2.22. The van der Waals surface area contributed by atoms with E-state index in [0.717, 1.165) is 62.9 Å². The second-order valence-electron chi connectivity index (χ2n) is 5.70. The van der Waals surface area contributed by atoms with Crippen LogP contribution in [0, 0.1) is 0 Å². The fraction of sp³-hybridized carbons (Fsp3) is 0.611. The van der Waals surface area contributed by atoms with Gasteiger partial charge >= 0.3 is 0 Å². The van der Waals surface area contributed by atoms with E-state index < -0.39 is 0 Å². The third-order valence-corrected chi connectivity index (χ3v) is 4.00. The molecule has 0 atom stereocenters. The molecule has 6 heteroatoms. The van der Waals surface area contributed by atoms with Crippen LogP contribution >= 0.6 is 0 Å². The molecule has 0 aliphatic carbocycles. The Kier molecular flexibility index (Phi) is 8.41. The Labute approximate surface area is 144 Å². The minimum Gasteiger partial charge on any atom is -0.496 e. The number of hydrogen-bond acceptors (Lipinski definition) is 4. The quantitative estimate of drug-likeness (QED) is 0.432. The lowest BCUT2D eigenvalue weighted by Crippen LogP contribution is -2.37. The zero-order valence-corrected chi connectivity index (χ0v) is 14.7. The summed E-state index contributed by atoms with van der Waals surface area (Å²) in [5, 5.41) is 6.61. The number of para-hydroxylation sites is 1. The van der Waals surface area contributed by atoms with Gasteiger partial charge < -0.3 is 24.8 Å². The normalized spacial score (nSPS) is 16.0. The highest BCUT2D eigenvalue weighted by Crippen LogP contribution is 2.16. The number of rotatable bonds is 8. The highest BCUT2D eigenvalue weighted by Gasteiger charge is 2.13. The Morgan fingerprint density at radius 3 is 2.79 bits per heavy atom. The number of guanidine groups is 1. The number of methoxy groups -OCH3 is 1. The highest BCUT2D eigenvalue weighted by atomic mass is 16.5. The summed E-state index contributed by atoms with van der Waals surface area (Å²) < 4.78 is 16.5. The molecule has 24 heavy (non-hydrogen) atoms. The first-order valence-corrected chi connectivity index (χ1v) is 8.59. The number of ether oxygens (including phenoxy) is 3. The smallest absolute Gasteiger partial charge is 0.191 e. The molecule has 6 nitrogen and oxygen atoms in total. The molecule has 0 aromatic heterocycles. The van der Waals surface area contributed by atoms with Crippen LogP contribution in [0.2, 0.25) is 0 Å². The third kappa shape index (κ3) is 6.37. The van der Waals surface area contributed by atoms with Gasteiger partial charge in [-0.1, -0.05) is 18.2 Å². The average molecular weight is 335 g/mol. The first-order valence-electron chi connectivity index (χ1n) is 8.59. The first kappa shape index (κ1) is 18.5. The van der Waals surface area contributed by atoms with Gasteiger partial charge in [0.25, 0.3) is 0 Å². The monoisotopic (exact) mass is 335 g/mol. The van der Waals surface area contributed by atoms with Crippen LogP contribution in [0.25, 0.3) is 0 Å². The van der Waals surface area contributed by atoms with E-state index in [2.05, 4.69) is 15.6 Å². The molecule has 0 amide bonds. The lowest BCUT2D eigenvalue weighted by molar-refractivity contribution is -0.0320. The van der Waals surface area contributed by atoms with Gasteiger partial charge in [0.15, 0.2) is 5.96 Å². The van der Waals surface area contributed by atoms with Gasteiger partial charge in [0.05, 0.1) is 13.2 Å². The van der Waals surface area contributed by atoms with Gasteiger partial charge in [-0.3, -0.25) is 4.99 Å². The summed E-state index contributed by atoms with van der Waals surface area (Å²) in [4.78, 5) is 4.24. The van der Waals surface area contributed by atoms with Crippen molar-refractivity contribution in [3.05, 3.63) is 29.8 Å². The molecule has 0 spiro atoms. The molecule has 134 valence electrons. The van der Waals surface area contributed by atoms with Crippen molar-refractivity contribution in [2.75, 3.05) is 40.5 Å². The molecule has 1 aliphatic rings. The summed E-state index contributed by atoms with van der Waals surface area (Å²) in [5.74, 6) is 1.66. The summed E-state index contributed by atoms with van der Waals surface area (Å²) in [5.41, 5.74) is 1.10. The standard InChI is InChI=1S/C18H29N3O3/c1-19-18(21-14-15-6-3-4-7-17(15)22-2)20-10-5-11-24-16-8-12-23-13-9-16/h3-4,6-7,16H,5,8-14H2,1-2H3,(H2,19,20,21). The molecule has 2 N–H and O–H groups in total. The summed E-state index contributed by atoms with van der Waals surface area (Å²) in [6, 6.07) is 7.97. The van der Waals surface area contributed by atoms with E-state index in [9.17, 15) is 0 Å². The van der Waals surface area contributed by atoms with Crippen LogP contribution in [0.1, 0.15) is 24.8 Å². The Morgan fingerprint density at radius 1 is 1.25 bits per heavy atom. The number of aliphatic imine (C=N–C) groups is 1. The van der Waals surface area contributed by atoms with Crippen LogP contribution in [-0.2, 0) is 16.0 Å². The number of hydrogen-bond donors (Lipinski definition) is 2. The molecule has 1 aromatic rings. The summed E-state index contributed by atoms with van der Waals surface area (Å²) in [6.45, 7) is 3.91. The molecule has 1 saturated heterocycles. The summed E-state index contributed by atoms with van der Waals surface area (Å²) in [7, 11) is 3.46. The second-order valence-corrected chi connectivity index (χ2v) is 5.70. The molecule has 0 bridgehead atoms. The molecular weight excluding hydrogens is 306 g/mol. The first-order chi connectivity index (χ1) is 11.8. The van der Waals surface area contributed by atoms with Gasteiger partial charge in [-0.05, 0) is 25.3 Å². The summed E-state index contributed by atoms with van der Waals surface area (Å²) >= 11 is 0. The van der Waals surface area contributed by atoms with Crippen molar-refractivity contribution in [1.29, 1.82) is 0 Å². The number of nitrogens with zero attached hydrogens (tertiary/aromatic N) is 1. The van der Waals surface area contributed by atoms with Crippen molar-refractivity contribution >= 4 is 5.96 Å². The molecule has 1 aliphatic heterocycles. The van der Waals surface area contributed by atoms with E-state index in [4.69, 9.17) is 14.2 Å². The average Bonchev–Trinajstić information content (AvgIpc) is 2.65. The van der Waals surface area contributed by atoms with Crippen molar-refractivity contribution in [2.24, 2.45) is 4.99 Å². The van der Waals surface area contributed by atoms with Gasteiger partial charge in [0.1, 0.15) is 5.75 Å². The van der Waals surface area contributed by atoms with Crippen LogP contribution in [0.5, 0.6) is 5.75 Å². The minimum atomic E-state index is 0.363. The van der Waals surface area contributed by atoms with E-state index in [1.54, 1.807) is 14.2 Å². The maximum atomic E-state index is 5.86. The van der Waals surface area contributed by atoms with E-state index in [0.29, 0.717) is 12.6 Å². The van der Waals surface area contributed by atoms with Gasteiger partial charge in [-0.15, -0.1) is 0 Å². The topological polar surface area (TPSA) is 64.1 Å². The Morgan fingerprint density at radius 2 is 2.04 bits per heavy atom. The zero-order chi connectivity index (χ0) is 17.0. The zero-order valence-electron chi connectivity index (χ0n) is 14.7. The molecule has 0 unspecified atom stereocenters. The predicted octanol–water partition coefficient (Wildman–Crippen LogP) is 1.95. The van der Waals surface area contributed by atoms with Crippen molar-refractivity contribution in [3.8, 4) is 5.75 Å². The number of benzene rings is 1. The third-order valence-electron chi connectivity index (χ3n) is 4.00. The van der Waals surface area contributed by atoms with E-state index >= 15 is 0 Å². The van der Waals surface area contributed by atoms with E-state index in [1.807, 2.05) is 24.3 Å². The van der Waals surface area contributed by atoms with Crippen molar-refractivity contribution in [1.82, 2.24) is 10.6 Å². The van der Waals surface area contributed by atoms with Gasteiger partial charge in [0, 0.05) is 45.5 Å². The maximum absolute atomic E-state index is 5.86. The fourth-order valence-corrected chi connectivity index (χ4v) is 2.62. The Hall–Kier alpha value is -1.79. The summed E-state index contributed by atoms with van der Waals surface area (Å²) in [6.07, 6.45) is 3.33. The molecule has 0 radical (unpaired) electrons. The van der Waals surface area contributed by atoms with Crippen LogP contribution < -0.4 is 15.4 Å². The lowest BCUT2D eigenvalue weighted by atomic mass is 10.1. The highest BCUT2D eigenvalue weighted by molar-refractivity contribution is 5.79. The second kappa shape index (κ2) is 10.9.